The van der Waals surface area contributed by atoms with Crippen LogP contribution in [0.1, 0.15) is 25.8 Å². The number of amides is 3. The predicted molar refractivity (Wildman–Crippen MR) is 117 cm³/mol. The van der Waals surface area contributed by atoms with Crippen molar-refractivity contribution in [1.29, 1.82) is 0 Å². The molecule has 0 aliphatic heterocycles. The first-order chi connectivity index (χ1) is 15.5. The van der Waals surface area contributed by atoms with Gasteiger partial charge in [-0.1, -0.05) is 32.4 Å². The van der Waals surface area contributed by atoms with Crippen LogP contribution in [0.2, 0.25) is 0 Å². The van der Waals surface area contributed by atoms with E-state index in [4.69, 9.17) is 10.8 Å². The second kappa shape index (κ2) is 13.4. The molecule has 1 aromatic rings. The number of nitrogens with two attached hydrogens (primary N) is 1. The van der Waals surface area contributed by atoms with Crippen LogP contribution in [0, 0.1) is 5.92 Å². The zero-order valence-electron chi connectivity index (χ0n) is 18.5. The van der Waals surface area contributed by atoms with Gasteiger partial charge >= 0.3 is 5.97 Å². The number of nitrogens with one attached hydrogen (secondary N) is 3. The number of carboxylic acids is 1. The summed E-state index contributed by atoms with van der Waals surface area (Å²) in [6.07, 6.45) is 0.420. The fourth-order valence-electron chi connectivity index (χ4n) is 2.84. The third-order valence-electron chi connectivity index (χ3n) is 5.13. The lowest BCUT2D eigenvalue weighted by Gasteiger charge is -2.26. The SMILES string of the molecule is CCC(C)C(NC(=O)C(Cc1ccc(O)cc1)NC(=O)C(CO)NC(=O)C(N)CO)C(=O)O. The van der Waals surface area contributed by atoms with Gasteiger partial charge in [-0.3, -0.25) is 14.4 Å². The number of hydrogen-bond acceptors (Lipinski definition) is 8. The lowest BCUT2D eigenvalue weighted by molar-refractivity contribution is -0.143. The van der Waals surface area contributed by atoms with E-state index in [9.17, 15) is 34.5 Å². The third kappa shape index (κ3) is 8.67. The minimum absolute atomic E-state index is 0.00484. The Labute approximate surface area is 191 Å². The van der Waals surface area contributed by atoms with Crippen molar-refractivity contribution >= 4 is 23.7 Å². The molecule has 0 radical (unpaired) electrons. The van der Waals surface area contributed by atoms with E-state index in [2.05, 4.69) is 16.0 Å². The molecule has 0 saturated heterocycles. The fourth-order valence-corrected chi connectivity index (χ4v) is 2.84. The van der Waals surface area contributed by atoms with Gasteiger partial charge in [0.15, 0.2) is 0 Å². The fraction of sp³-hybridized carbons (Fsp3) is 0.524. The highest BCUT2D eigenvalue weighted by molar-refractivity contribution is 5.94. The van der Waals surface area contributed by atoms with Gasteiger partial charge in [-0.05, 0) is 23.6 Å². The molecule has 0 heterocycles. The van der Waals surface area contributed by atoms with Crippen LogP contribution in [-0.2, 0) is 25.6 Å². The number of aliphatic carboxylic acids is 1. The van der Waals surface area contributed by atoms with Gasteiger partial charge in [0.25, 0.3) is 0 Å². The third-order valence-corrected chi connectivity index (χ3v) is 5.13. The molecule has 3 amide bonds. The summed E-state index contributed by atoms with van der Waals surface area (Å²) in [5, 5.41) is 44.4. The summed E-state index contributed by atoms with van der Waals surface area (Å²) in [5.41, 5.74) is 5.94. The first-order valence-electron chi connectivity index (χ1n) is 10.4. The molecule has 1 aromatic carbocycles. The average molecular weight is 469 g/mol. The molecule has 0 aliphatic rings. The molecule has 0 bridgehead atoms. The highest BCUT2D eigenvalue weighted by atomic mass is 16.4. The van der Waals surface area contributed by atoms with Gasteiger partial charge in [0.1, 0.15) is 29.9 Å². The van der Waals surface area contributed by atoms with E-state index >= 15 is 0 Å². The number of rotatable bonds is 13. The van der Waals surface area contributed by atoms with Crippen molar-refractivity contribution in [2.24, 2.45) is 11.7 Å². The number of carbonyl (C=O) groups is 4. The Kier molecular flexibility index (Phi) is 11.3. The molecule has 0 aromatic heterocycles. The van der Waals surface area contributed by atoms with Crippen molar-refractivity contribution < 1.29 is 39.6 Å². The number of aliphatic hydroxyl groups excluding tert-OH is 2. The molecular weight excluding hydrogens is 436 g/mol. The standard InChI is InChI=1S/C21H32N4O8/c1-3-11(2)17(21(32)33)25-19(30)15(8-12-4-6-13(28)7-5-12)23-20(31)16(10-27)24-18(29)14(22)9-26/h4-7,11,14-17,26-28H,3,8-10,22H2,1-2H3,(H,23,31)(H,24,29)(H,25,30)(H,32,33). The molecule has 5 unspecified atom stereocenters. The molecule has 0 spiro atoms. The second-order valence-electron chi connectivity index (χ2n) is 7.67. The Balaban J connectivity index is 3.08. The number of phenolic OH excluding ortho intramolecular Hbond substituents is 1. The molecule has 33 heavy (non-hydrogen) atoms. The van der Waals surface area contributed by atoms with Crippen molar-refractivity contribution in [1.82, 2.24) is 16.0 Å². The van der Waals surface area contributed by atoms with Crippen molar-refractivity contribution in [2.75, 3.05) is 13.2 Å². The highest BCUT2D eigenvalue weighted by Gasteiger charge is 2.31. The number of phenols is 1. The lowest BCUT2D eigenvalue weighted by atomic mass is 9.98. The highest BCUT2D eigenvalue weighted by Crippen LogP contribution is 2.13. The predicted octanol–water partition coefficient (Wildman–Crippen LogP) is -2.17. The molecule has 9 N–H and O–H groups in total. The van der Waals surface area contributed by atoms with Crippen molar-refractivity contribution in [3.05, 3.63) is 29.8 Å². The Bertz CT molecular complexity index is 817. The van der Waals surface area contributed by atoms with Crippen LogP contribution < -0.4 is 21.7 Å². The zero-order chi connectivity index (χ0) is 25.1. The van der Waals surface area contributed by atoms with Gasteiger partial charge < -0.3 is 42.1 Å². The maximum absolute atomic E-state index is 12.9. The molecule has 12 heteroatoms. The second-order valence-corrected chi connectivity index (χ2v) is 7.67. The number of carbonyl (C=O) groups excluding carboxylic acids is 3. The van der Waals surface area contributed by atoms with Crippen LogP contribution in [0.5, 0.6) is 5.75 Å². The van der Waals surface area contributed by atoms with Crippen LogP contribution in [0.15, 0.2) is 24.3 Å². The zero-order valence-corrected chi connectivity index (χ0v) is 18.5. The molecule has 0 fully saturated rings. The van der Waals surface area contributed by atoms with E-state index in [1.54, 1.807) is 13.8 Å². The Morgan fingerprint density at radius 2 is 1.45 bits per heavy atom. The van der Waals surface area contributed by atoms with E-state index in [-0.39, 0.29) is 18.1 Å². The largest absolute Gasteiger partial charge is 0.508 e. The number of aliphatic hydroxyl groups is 2. The molecule has 1 rings (SSSR count). The van der Waals surface area contributed by atoms with Crippen LogP contribution in [0.3, 0.4) is 0 Å². The number of aromatic hydroxyl groups is 1. The van der Waals surface area contributed by atoms with E-state index in [1.807, 2.05) is 0 Å². The average Bonchev–Trinajstić information content (AvgIpc) is 2.79. The first-order valence-corrected chi connectivity index (χ1v) is 10.4. The number of benzene rings is 1. The normalized spacial score (nSPS) is 15.4. The minimum atomic E-state index is -1.46. The van der Waals surface area contributed by atoms with Crippen LogP contribution in [0.4, 0.5) is 0 Å². The molecule has 0 saturated carbocycles. The van der Waals surface area contributed by atoms with Gasteiger partial charge in [-0.2, -0.15) is 0 Å². The minimum Gasteiger partial charge on any atom is -0.508 e. The van der Waals surface area contributed by atoms with Crippen molar-refractivity contribution in [3.8, 4) is 5.75 Å². The van der Waals surface area contributed by atoms with E-state index in [0.717, 1.165) is 0 Å². The van der Waals surface area contributed by atoms with Crippen molar-refractivity contribution in [3.63, 3.8) is 0 Å². The topological polar surface area (TPSA) is 211 Å². The van der Waals surface area contributed by atoms with Crippen LogP contribution >= 0.6 is 0 Å². The lowest BCUT2D eigenvalue weighted by Crippen LogP contribution is -2.59. The first kappa shape index (κ1) is 27.8. The smallest absolute Gasteiger partial charge is 0.326 e. The van der Waals surface area contributed by atoms with E-state index in [0.29, 0.717) is 12.0 Å². The number of carboxylic acid groups (broad SMARTS) is 1. The quantitative estimate of drug-likeness (QED) is 0.158. The van der Waals surface area contributed by atoms with Crippen LogP contribution in [-0.4, -0.2) is 81.5 Å². The summed E-state index contributed by atoms with van der Waals surface area (Å²) in [6, 6.07) is 0.595. The monoisotopic (exact) mass is 468 g/mol. The Morgan fingerprint density at radius 1 is 0.909 bits per heavy atom. The summed E-state index contributed by atoms with van der Waals surface area (Å²) in [6.45, 7) is 1.94. The Hall–Kier alpha value is -3.22. The van der Waals surface area contributed by atoms with E-state index in [1.165, 1.54) is 24.3 Å². The summed E-state index contributed by atoms with van der Waals surface area (Å²) in [5.74, 6) is -4.19. The van der Waals surface area contributed by atoms with Crippen LogP contribution in [0.25, 0.3) is 0 Å². The van der Waals surface area contributed by atoms with Gasteiger partial charge in [-0.15, -0.1) is 0 Å². The summed E-state index contributed by atoms with van der Waals surface area (Å²) >= 11 is 0. The van der Waals surface area contributed by atoms with E-state index < -0.39 is 61.1 Å². The van der Waals surface area contributed by atoms with Gasteiger partial charge in [0, 0.05) is 6.42 Å². The maximum Gasteiger partial charge on any atom is 0.326 e. The van der Waals surface area contributed by atoms with Gasteiger partial charge in [-0.25, -0.2) is 4.79 Å². The maximum atomic E-state index is 12.9. The molecule has 0 aliphatic carbocycles. The molecular formula is C21H32N4O8. The Morgan fingerprint density at radius 3 is 1.94 bits per heavy atom. The molecule has 5 atom stereocenters. The summed E-state index contributed by atoms with van der Waals surface area (Å²) < 4.78 is 0. The van der Waals surface area contributed by atoms with Gasteiger partial charge in [0.2, 0.25) is 17.7 Å². The summed E-state index contributed by atoms with van der Waals surface area (Å²) in [7, 11) is 0. The molecule has 184 valence electrons. The van der Waals surface area contributed by atoms with Crippen molar-refractivity contribution in [2.45, 2.75) is 50.9 Å². The molecule has 12 nitrogen and oxygen atoms in total. The number of hydrogen-bond donors (Lipinski definition) is 8. The summed E-state index contributed by atoms with van der Waals surface area (Å²) in [4.78, 5) is 49.1. The van der Waals surface area contributed by atoms with Gasteiger partial charge in [0.05, 0.1) is 13.2 Å².